The number of carboxylic acid groups (broad SMARTS) is 1. The minimum absolute atomic E-state index is 0.0993. The van der Waals surface area contributed by atoms with Gasteiger partial charge in [0.1, 0.15) is 5.75 Å². The highest BCUT2D eigenvalue weighted by Gasteiger charge is 2.22. The van der Waals surface area contributed by atoms with E-state index < -0.39 is 24.7 Å². The summed E-state index contributed by atoms with van der Waals surface area (Å²) in [6.07, 6.45) is -0.451. The molecule has 1 fully saturated rings. The van der Waals surface area contributed by atoms with Crippen molar-refractivity contribution in [3.63, 3.8) is 0 Å². The Labute approximate surface area is 240 Å². The first-order valence-corrected chi connectivity index (χ1v) is 14.2. The molecule has 0 aliphatic carbocycles. The van der Waals surface area contributed by atoms with Crippen molar-refractivity contribution in [2.75, 3.05) is 46.0 Å². The van der Waals surface area contributed by atoms with Crippen molar-refractivity contribution >= 4 is 23.2 Å². The topological polar surface area (TPSA) is 79.3 Å². The van der Waals surface area contributed by atoms with Crippen molar-refractivity contribution in [2.45, 2.75) is 38.6 Å². The van der Waals surface area contributed by atoms with Gasteiger partial charge in [0.2, 0.25) is 0 Å². The average molecular weight is 555 g/mol. The molecule has 3 aromatic rings. The SMILES string of the molecule is [2H]C([2H])(CN1CCOCC1)C([2H])([2H])N(Cc1ccccc1OCCCCCC(=O)O)C(=O)c1ccccc1-c1ccsc1. The third-order valence-corrected chi connectivity index (χ3v) is 7.13. The van der Waals surface area contributed by atoms with Gasteiger partial charge in [0.25, 0.3) is 5.91 Å². The van der Waals surface area contributed by atoms with Gasteiger partial charge in [-0.3, -0.25) is 14.5 Å². The number of unbranched alkanes of at least 4 members (excludes halogenated alkanes) is 2. The zero-order chi connectivity index (χ0) is 30.9. The number of rotatable bonds is 15. The van der Waals surface area contributed by atoms with E-state index in [-0.39, 0.29) is 25.1 Å². The fraction of sp³-hybridized carbons (Fsp3) is 0.419. The fourth-order valence-corrected chi connectivity index (χ4v) is 4.99. The maximum absolute atomic E-state index is 14.3. The molecule has 7 nitrogen and oxygen atoms in total. The molecule has 8 heteroatoms. The summed E-state index contributed by atoms with van der Waals surface area (Å²) in [5, 5.41) is 12.7. The molecule has 1 aliphatic heterocycles. The number of para-hydroxylation sites is 1. The van der Waals surface area contributed by atoms with Crippen LogP contribution in [0.25, 0.3) is 11.1 Å². The van der Waals surface area contributed by atoms with Gasteiger partial charge >= 0.3 is 5.97 Å². The lowest BCUT2D eigenvalue weighted by atomic mass is 10.0. The van der Waals surface area contributed by atoms with Crippen LogP contribution in [0.3, 0.4) is 0 Å². The molecular formula is C31H38N2O5S. The van der Waals surface area contributed by atoms with Crippen molar-refractivity contribution in [3.05, 3.63) is 76.5 Å². The molecule has 1 N–H and O–H groups in total. The minimum atomic E-state index is -2.70. The largest absolute Gasteiger partial charge is 0.493 e. The monoisotopic (exact) mass is 554 g/mol. The number of carboxylic acids is 1. The van der Waals surface area contributed by atoms with Gasteiger partial charge < -0.3 is 19.5 Å². The Balaban J connectivity index is 1.64. The minimum Gasteiger partial charge on any atom is -0.493 e. The molecule has 0 radical (unpaired) electrons. The van der Waals surface area contributed by atoms with Gasteiger partial charge in [-0.25, -0.2) is 0 Å². The van der Waals surface area contributed by atoms with Crippen LogP contribution in [0.1, 0.15) is 53.5 Å². The highest BCUT2D eigenvalue weighted by molar-refractivity contribution is 7.08. The van der Waals surface area contributed by atoms with Gasteiger partial charge in [0, 0.05) is 55.7 Å². The Kier molecular flexibility index (Phi) is 9.35. The number of amides is 1. The second-order valence-electron chi connectivity index (χ2n) is 9.29. The highest BCUT2D eigenvalue weighted by Crippen LogP contribution is 2.28. The van der Waals surface area contributed by atoms with Crippen LogP contribution in [0.15, 0.2) is 65.4 Å². The van der Waals surface area contributed by atoms with Crippen molar-refractivity contribution in [1.29, 1.82) is 0 Å². The first kappa shape index (κ1) is 23.7. The summed E-state index contributed by atoms with van der Waals surface area (Å²) < 4.78 is 47.5. The van der Waals surface area contributed by atoms with E-state index in [2.05, 4.69) is 0 Å². The highest BCUT2D eigenvalue weighted by atomic mass is 32.1. The van der Waals surface area contributed by atoms with Gasteiger partial charge in [-0.1, -0.05) is 36.4 Å². The van der Waals surface area contributed by atoms with E-state index in [4.69, 9.17) is 20.1 Å². The van der Waals surface area contributed by atoms with Gasteiger partial charge in [0.05, 0.1) is 19.8 Å². The number of thiophene rings is 1. The molecule has 2 aromatic carbocycles. The molecule has 2 heterocycles. The van der Waals surface area contributed by atoms with E-state index in [1.165, 1.54) is 11.3 Å². The van der Waals surface area contributed by atoms with Crippen LogP contribution in [0.4, 0.5) is 0 Å². The predicted octanol–water partition coefficient (Wildman–Crippen LogP) is 5.80. The summed E-state index contributed by atoms with van der Waals surface area (Å²) in [5.74, 6) is -0.991. The lowest BCUT2D eigenvalue weighted by molar-refractivity contribution is -0.137. The van der Waals surface area contributed by atoms with Gasteiger partial charge in [-0.05, 0) is 65.7 Å². The second-order valence-corrected chi connectivity index (χ2v) is 10.1. The van der Waals surface area contributed by atoms with Crippen LogP contribution in [0, 0.1) is 0 Å². The predicted molar refractivity (Wildman–Crippen MR) is 154 cm³/mol. The summed E-state index contributed by atoms with van der Waals surface area (Å²) in [5.41, 5.74) is 2.30. The van der Waals surface area contributed by atoms with Crippen molar-refractivity contribution in [2.24, 2.45) is 0 Å². The van der Waals surface area contributed by atoms with E-state index >= 15 is 0 Å². The Morgan fingerprint density at radius 2 is 1.85 bits per heavy atom. The smallest absolute Gasteiger partial charge is 0.303 e. The lowest BCUT2D eigenvalue weighted by Crippen LogP contribution is -2.39. The molecule has 1 saturated heterocycles. The van der Waals surface area contributed by atoms with E-state index in [0.717, 1.165) is 10.5 Å². The van der Waals surface area contributed by atoms with Crippen LogP contribution in [-0.2, 0) is 16.1 Å². The molecule has 0 unspecified atom stereocenters. The molecule has 0 bridgehead atoms. The number of hydrogen-bond donors (Lipinski definition) is 1. The van der Waals surface area contributed by atoms with E-state index in [1.807, 2.05) is 33.9 Å². The molecule has 1 amide bonds. The average Bonchev–Trinajstić information content (AvgIpc) is 3.53. The molecule has 208 valence electrons. The van der Waals surface area contributed by atoms with E-state index in [0.29, 0.717) is 69.0 Å². The maximum Gasteiger partial charge on any atom is 0.303 e. The Bertz CT molecular complexity index is 1350. The van der Waals surface area contributed by atoms with Gasteiger partial charge in [-0.15, -0.1) is 0 Å². The normalized spacial score (nSPS) is 16.0. The molecular weight excluding hydrogens is 512 g/mol. The number of aliphatic carboxylic acids is 1. The Morgan fingerprint density at radius 1 is 1.05 bits per heavy atom. The molecule has 0 saturated carbocycles. The summed E-state index contributed by atoms with van der Waals surface area (Å²) in [7, 11) is 0. The van der Waals surface area contributed by atoms with Crippen LogP contribution in [0.5, 0.6) is 5.75 Å². The first-order valence-electron chi connectivity index (χ1n) is 15.3. The standard InChI is InChI=1S/C31H38N2O5S/c34-30(35)13-2-1-7-19-38-29-12-6-3-9-25(29)23-33(16-8-15-32-17-20-37-21-18-32)31(36)28-11-5-4-10-27(28)26-14-22-39-24-26/h3-6,9-12,14,22,24H,1-2,7-8,13,15-21,23H2,(H,34,35)/i8D2,16D2. The summed E-state index contributed by atoms with van der Waals surface area (Å²) in [6.45, 7) is -0.950. The third kappa shape index (κ3) is 8.92. The van der Waals surface area contributed by atoms with Crippen LogP contribution >= 0.6 is 11.3 Å². The molecule has 4 rings (SSSR count). The molecule has 0 spiro atoms. The Hall–Kier alpha value is -3.20. The molecule has 1 aliphatic rings. The summed E-state index contributed by atoms with van der Waals surface area (Å²) in [6, 6.07) is 15.9. The third-order valence-electron chi connectivity index (χ3n) is 6.45. The zero-order valence-electron chi connectivity index (χ0n) is 26.0. The first-order chi connectivity index (χ1) is 20.6. The number of morpholine rings is 1. The zero-order valence-corrected chi connectivity index (χ0v) is 22.8. The molecule has 0 atom stereocenters. The van der Waals surface area contributed by atoms with Crippen LogP contribution in [0.2, 0.25) is 0 Å². The van der Waals surface area contributed by atoms with Crippen LogP contribution in [-0.4, -0.2) is 72.7 Å². The van der Waals surface area contributed by atoms with Crippen LogP contribution < -0.4 is 4.74 Å². The van der Waals surface area contributed by atoms with Crippen molar-refractivity contribution in [3.8, 4) is 16.9 Å². The number of hydrogen-bond acceptors (Lipinski definition) is 6. The quantitative estimate of drug-likeness (QED) is 0.239. The van der Waals surface area contributed by atoms with E-state index in [1.54, 1.807) is 36.4 Å². The number of carbonyl (C=O) groups excluding carboxylic acids is 1. The second kappa shape index (κ2) is 15.4. The summed E-state index contributed by atoms with van der Waals surface area (Å²) in [4.78, 5) is 27.9. The van der Waals surface area contributed by atoms with Gasteiger partial charge in [0.15, 0.2) is 0 Å². The molecule has 1 aromatic heterocycles. The Morgan fingerprint density at radius 3 is 2.64 bits per heavy atom. The van der Waals surface area contributed by atoms with Crippen molar-refractivity contribution < 1.29 is 29.7 Å². The van der Waals surface area contributed by atoms with Gasteiger partial charge in [-0.2, -0.15) is 11.3 Å². The molecule has 39 heavy (non-hydrogen) atoms. The number of carbonyl (C=O) groups is 2. The fourth-order valence-electron chi connectivity index (χ4n) is 4.33. The number of ether oxygens (including phenoxy) is 2. The maximum atomic E-state index is 14.3. The lowest BCUT2D eigenvalue weighted by Gasteiger charge is -2.29. The van der Waals surface area contributed by atoms with E-state index in [9.17, 15) is 9.59 Å². The number of benzene rings is 2. The van der Waals surface area contributed by atoms with Crippen molar-refractivity contribution in [1.82, 2.24) is 9.80 Å². The summed E-state index contributed by atoms with van der Waals surface area (Å²) >= 11 is 1.49. The number of nitrogens with zero attached hydrogens (tertiary/aromatic N) is 2.